The van der Waals surface area contributed by atoms with Crippen LogP contribution in [-0.4, -0.2) is 51.6 Å². The number of rotatable bonds is 4. The molecule has 6 nitrogen and oxygen atoms in total. The van der Waals surface area contributed by atoms with Gasteiger partial charge >= 0.3 is 10.2 Å². The van der Waals surface area contributed by atoms with Gasteiger partial charge in [-0.25, -0.2) is 21.8 Å². The number of hydrogen-bond donors (Lipinski definition) is 1. The maximum absolute atomic E-state index is 14.7. The van der Waals surface area contributed by atoms with Gasteiger partial charge in [-0.05, 0) is 38.1 Å². The van der Waals surface area contributed by atoms with Crippen LogP contribution in [0.3, 0.4) is 0 Å². The van der Waals surface area contributed by atoms with Crippen LogP contribution in [-0.2, 0) is 10.2 Å². The number of halogens is 5. The molecular formula is C20H25Cl2F3N4O2S. The summed E-state index contributed by atoms with van der Waals surface area (Å²) >= 11 is 0. The summed E-state index contributed by atoms with van der Waals surface area (Å²) in [5, 5.41) is 3.40. The van der Waals surface area contributed by atoms with Gasteiger partial charge in [0.1, 0.15) is 17.3 Å². The molecule has 0 aliphatic carbocycles. The van der Waals surface area contributed by atoms with Crippen molar-refractivity contribution in [1.29, 1.82) is 0 Å². The third kappa shape index (κ3) is 4.79. The van der Waals surface area contributed by atoms with Crippen LogP contribution in [0.1, 0.15) is 13.8 Å². The molecule has 0 spiro atoms. The Balaban J connectivity index is 0.00000181. The number of piperazine rings is 1. The van der Waals surface area contributed by atoms with Crippen LogP contribution in [0.5, 0.6) is 0 Å². The molecule has 2 unspecified atom stereocenters. The number of para-hydroxylation sites is 1. The summed E-state index contributed by atoms with van der Waals surface area (Å²) < 4.78 is 70.9. The minimum absolute atomic E-state index is 0. The second-order valence-electron chi connectivity index (χ2n) is 7.78. The van der Waals surface area contributed by atoms with E-state index in [1.54, 1.807) is 0 Å². The van der Waals surface area contributed by atoms with Crippen molar-refractivity contribution in [2.45, 2.75) is 25.9 Å². The highest BCUT2D eigenvalue weighted by Crippen LogP contribution is 2.47. The molecule has 1 fully saturated rings. The Hall–Kier alpha value is -1.72. The monoisotopic (exact) mass is 512 g/mol. The van der Waals surface area contributed by atoms with E-state index < -0.39 is 27.7 Å². The highest BCUT2D eigenvalue weighted by Gasteiger charge is 2.44. The molecule has 2 aromatic carbocycles. The summed E-state index contributed by atoms with van der Waals surface area (Å²) in [5.41, 5.74) is -0.477. The summed E-state index contributed by atoms with van der Waals surface area (Å²) in [7, 11) is -4.30. The molecule has 2 aromatic rings. The third-order valence-corrected chi connectivity index (χ3v) is 7.10. The van der Waals surface area contributed by atoms with E-state index in [2.05, 4.69) is 10.2 Å². The van der Waals surface area contributed by atoms with Gasteiger partial charge in [-0.1, -0.05) is 6.07 Å². The second-order valence-corrected chi connectivity index (χ2v) is 9.48. The lowest BCUT2D eigenvalue weighted by Gasteiger charge is -2.36. The summed E-state index contributed by atoms with van der Waals surface area (Å²) in [6.45, 7) is 5.96. The first kappa shape index (κ1) is 26.5. The van der Waals surface area contributed by atoms with Gasteiger partial charge in [-0.3, -0.25) is 4.90 Å². The number of nitrogens with one attached hydrogen (secondary N) is 1. The Bertz CT molecular complexity index is 1070. The van der Waals surface area contributed by atoms with Gasteiger partial charge in [0.15, 0.2) is 5.82 Å². The Morgan fingerprint density at radius 3 is 2.22 bits per heavy atom. The summed E-state index contributed by atoms with van der Waals surface area (Å²) in [6.07, 6.45) is 0. The van der Waals surface area contributed by atoms with Crippen LogP contribution in [0, 0.1) is 17.5 Å². The van der Waals surface area contributed by atoms with E-state index in [1.165, 1.54) is 18.2 Å². The zero-order valence-electron chi connectivity index (χ0n) is 17.5. The van der Waals surface area contributed by atoms with Crippen molar-refractivity contribution in [3.63, 3.8) is 0 Å². The fourth-order valence-electron chi connectivity index (χ4n) is 4.24. The normalized spacial score (nSPS) is 22.2. The van der Waals surface area contributed by atoms with Gasteiger partial charge in [-0.15, -0.1) is 24.8 Å². The van der Waals surface area contributed by atoms with E-state index in [1.807, 2.05) is 13.8 Å². The third-order valence-electron chi connectivity index (χ3n) is 5.32. The lowest BCUT2D eigenvalue weighted by Crippen LogP contribution is -2.55. The quantitative estimate of drug-likeness (QED) is 0.676. The molecule has 12 heteroatoms. The van der Waals surface area contributed by atoms with Crippen molar-refractivity contribution in [2.24, 2.45) is 0 Å². The zero-order chi connectivity index (χ0) is 21.6. The Morgan fingerprint density at radius 1 is 0.938 bits per heavy atom. The largest absolute Gasteiger partial charge is 0.331 e. The van der Waals surface area contributed by atoms with Crippen LogP contribution in [0.2, 0.25) is 0 Å². The van der Waals surface area contributed by atoms with Crippen LogP contribution in [0.25, 0.3) is 0 Å². The van der Waals surface area contributed by atoms with Crippen LogP contribution >= 0.6 is 24.8 Å². The first-order chi connectivity index (χ1) is 14.2. The molecule has 2 aliphatic heterocycles. The summed E-state index contributed by atoms with van der Waals surface area (Å²) in [6, 6.07) is 7.06. The van der Waals surface area contributed by atoms with Crippen molar-refractivity contribution in [1.82, 2.24) is 10.2 Å². The molecule has 1 N–H and O–H groups in total. The maximum atomic E-state index is 14.7. The van der Waals surface area contributed by atoms with E-state index in [4.69, 9.17) is 0 Å². The van der Waals surface area contributed by atoms with Crippen LogP contribution in [0.4, 0.5) is 30.2 Å². The highest BCUT2D eigenvalue weighted by atomic mass is 35.5. The molecule has 0 saturated carbocycles. The highest BCUT2D eigenvalue weighted by molar-refractivity contribution is 7.95. The smallest absolute Gasteiger partial charge is 0.309 e. The molecule has 0 amide bonds. The van der Waals surface area contributed by atoms with E-state index in [0.29, 0.717) is 12.6 Å². The Labute approximate surface area is 198 Å². The average Bonchev–Trinajstić information content (AvgIpc) is 2.87. The fraction of sp³-hybridized carbons (Fsp3) is 0.400. The molecular weight excluding hydrogens is 488 g/mol. The number of benzene rings is 2. The minimum atomic E-state index is -4.30. The van der Waals surface area contributed by atoms with E-state index in [-0.39, 0.29) is 60.5 Å². The predicted octanol–water partition coefficient (Wildman–Crippen LogP) is 3.83. The number of hydrogen-bond acceptors (Lipinski definition) is 4. The molecule has 2 atom stereocenters. The fourth-order valence-corrected chi connectivity index (χ4v) is 5.95. The van der Waals surface area contributed by atoms with Gasteiger partial charge in [0.05, 0.1) is 11.4 Å². The number of anilines is 3. The average molecular weight is 513 g/mol. The topological polar surface area (TPSA) is 55.9 Å². The van der Waals surface area contributed by atoms with Gasteiger partial charge in [0, 0.05) is 44.3 Å². The maximum Gasteiger partial charge on any atom is 0.331 e. The molecule has 1 saturated heterocycles. The summed E-state index contributed by atoms with van der Waals surface area (Å²) in [4.78, 5) is 2.11. The Kier molecular flexibility index (Phi) is 8.33. The summed E-state index contributed by atoms with van der Waals surface area (Å²) in [5.74, 6) is -2.59. The van der Waals surface area contributed by atoms with Crippen molar-refractivity contribution in [3.05, 3.63) is 53.8 Å². The first-order valence-corrected chi connectivity index (χ1v) is 11.1. The molecule has 0 bridgehead atoms. The van der Waals surface area contributed by atoms with Gasteiger partial charge < -0.3 is 5.32 Å². The molecule has 178 valence electrons. The molecule has 2 heterocycles. The van der Waals surface area contributed by atoms with E-state index in [9.17, 15) is 21.6 Å². The molecule has 0 radical (unpaired) electrons. The van der Waals surface area contributed by atoms with E-state index in [0.717, 1.165) is 33.8 Å². The zero-order valence-corrected chi connectivity index (χ0v) is 19.9. The lowest BCUT2D eigenvalue weighted by atomic mass is 10.1. The van der Waals surface area contributed by atoms with Crippen LogP contribution < -0.4 is 13.9 Å². The van der Waals surface area contributed by atoms with Crippen LogP contribution in [0.15, 0.2) is 36.4 Å². The van der Waals surface area contributed by atoms with Gasteiger partial charge in [0.25, 0.3) is 0 Å². The molecule has 4 rings (SSSR count). The first-order valence-electron chi connectivity index (χ1n) is 9.73. The lowest BCUT2D eigenvalue weighted by molar-refractivity contribution is 0.178. The predicted molar refractivity (Wildman–Crippen MR) is 124 cm³/mol. The van der Waals surface area contributed by atoms with Crippen molar-refractivity contribution >= 4 is 52.1 Å². The Morgan fingerprint density at radius 2 is 1.59 bits per heavy atom. The van der Waals surface area contributed by atoms with E-state index >= 15 is 0 Å². The molecule has 2 aliphatic rings. The molecule has 0 aromatic heterocycles. The molecule has 32 heavy (non-hydrogen) atoms. The standard InChI is InChI=1S/C20H23F3N4O2S.2ClH/c1-13-11-25(12-14(2)24-13)8-9-26-20-16(22)4-3-5-19(20)27(30(26,28)29)18-7-6-15(21)10-17(18)23;;/h3-7,10,13-14,24H,8-9,11-12H2,1-2H3;2*1H. The van der Waals surface area contributed by atoms with Crippen molar-refractivity contribution in [2.75, 3.05) is 34.8 Å². The SMILES string of the molecule is CC1CN(CCN2c3c(F)cccc3N(c3ccc(F)cc3F)S2(=O)=O)CC(C)N1.Cl.Cl. The van der Waals surface area contributed by atoms with Gasteiger partial charge in [-0.2, -0.15) is 8.42 Å². The number of fused-ring (bicyclic) bond motifs is 1. The van der Waals surface area contributed by atoms with Gasteiger partial charge in [0.2, 0.25) is 0 Å². The van der Waals surface area contributed by atoms with Crippen molar-refractivity contribution in [3.8, 4) is 0 Å². The number of nitrogens with zero attached hydrogens (tertiary/aromatic N) is 3. The van der Waals surface area contributed by atoms with Crippen molar-refractivity contribution < 1.29 is 21.6 Å². The minimum Gasteiger partial charge on any atom is -0.309 e. The second kappa shape index (κ2) is 10.0.